The molecular formula is C19H26N2O3. The first-order valence-electron chi connectivity index (χ1n) is 8.89. The summed E-state index contributed by atoms with van der Waals surface area (Å²) in [6.45, 7) is 3.43. The summed E-state index contributed by atoms with van der Waals surface area (Å²) in [6.07, 6.45) is 5.44. The highest BCUT2D eigenvalue weighted by Crippen LogP contribution is 2.24. The van der Waals surface area contributed by atoms with Gasteiger partial charge < -0.3 is 10.4 Å². The molecule has 1 aliphatic carbocycles. The molecule has 0 bridgehead atoms. The molecule has 3 rings (SSSR count). The first-order chi connectivity index (χ1) is 11.5. The van der Waals surface area contributed by atoms with E-state index in [0.29, 0.717) is 19.5 Å². The van der Waals surface area contributed by atoms with E-state index in [0.717, 1.165) is 18.4 Å². The molecule has 130 valence electrons. The lowest BCUT2D eigenvalue weighted by Gasteiger charge is -2.21. The number of benzene rings is 1. The number of amides is 1. The van der Waals surface area contributed by atoms with Crippen molar-refractivity contribution in [3.63, 3.8) is 0 Å². The number of hydrogen-bond donors (Lipinski definition) is 2. The van der Waals surface area contributed by atoms with Gasteiger partial charge in [0.05, 0.1) is 18.5 Å². The largest absolute Gasteiger partial charge is 0.481 e. The highest BCUT2D eigenvalue weighted by molar-refractivity contribution is 5.79. The minimum absolute atomic E-state index is 0.0254. The summed E-state index contributed by atoms with van der Waals surface area (Å²) in [6, 6.07) is 6.52. The van der Waals surface area contributed by atoms with Crippen LogP contribution in [0.5, 0.6) is 0 Å². The number of aryl methyl sites for hydroxylation is 2. The average Bonchev–Trinajstić information content (AvgIpc) is 3.03. The minimum atomic E-state index is -0.764. The summed E-state index contributed by atoms with van der Waals surface area (Å²) >= 11 is 0. The zero-order valence-electron chi connectivity index (χ0n) is 14.3. The molecule has 2 N–H and O–H groups in total. The SMILES string of the molecule is CC(NC(=O)CN1CCC(C(=O)O)C1)c1ccc2c(c1)CCCC2. The van der Waals surface area contributed by atoms with Crippen molar-refractivity contribution in [2.24, 2.45) is 5.92 Å². The Balaban J connectivity index is 1.54. The molecule has 0 saturated carbocycles. The maximum atomic E-state index is 12.2. The fourth-order valence-electron chi connectivity index (χ4n) is 3.77. The lowest BCUT2D eigenvalue weighted by molar-refractivity contribution is -0.141. The number of nitrogens with zero attached hydrogens (tertiary/aromatic N) is 1. The van der Waals surface area contributed by atoms with Crippen molar-refractivity contribution in [2.75, 3.05) is 19.6 Å². The van der Waals surface area contributed by atoms with E-state index in [1.54, 1.807) is 0 Å². The van der Waals surface area contributed by atoms with Gasteiger partial charge in [0, 0.05) is 6.54 Å². The Bertz CT molecular complexity index is 629. The van der Waals surface area contributed by atoms with E-state index in [1.165, 1.54) is 24.0 Å². The number of carboxylic acid groups (broad SMARTS) is 1. The zero-order chi connectivity index (χ0) is 17.1. The van der Waals surface area contributed by atoms with E-state index in [9.17, 15) is 9.59 Å². The van der Waals surface area contributed by atoms with Crippen LogP contribution in [0, 0.1) is 5.92 Å². The van der Waals surface area contributed by atoms with Crippen LogP contribution in [0.3, 0.4) is 0 Å². The molecule has 0 aromatic heterocycles. The van der Waals surface area contributed by atoms with Crippen LogP contribution in [0.15, 0.2) is 18.2 Å². The van der Waals surface area contributed by atoms with Gasteiger partial charge in [-0.2, -0.15) is 0 Å². The van der Waals surface area contributed by atoms with Crippen LogP contribution in [0.4, 0.5) is 0 Å². The van der Waals surface area contributed by atoms with Crippen molar-refractivity contribution >= 4 is 11.9 Å². The van der Waals surface area contributed by atoms with Crippen LogP contribution < -0.4 is 5.32 Å². The molecule has 5 nitrogen and oxygen atoms in total. The second-order valence-corrected chi connectivity index (χ2v) is 7.08. The zero-order valence-corrected chi connectivity index (χ0v) is 14.3. The number of fused-ring (bicyclic) bond motifs is 1. The number of likely N-dealkylation sites (tertiary alicyclic amines) is 1. The Labute approximate surface area is 143 Å². The lowest BCUT2D eigenvalue weighted by Crippen LogP contribution is -2.37. The second kappa shape index (κ2) is 7.34. The van der Waals surface area contributed by atoms with E-state index in [4.69, 9.17) is 5.11 Å². The number of carboxylic acids is 1. The molecule has 0 radical (unpaired) electrons. The fraction of sp³-hybridized carbons (Fsp3) is 0.579. The molecule has 1 heterocycles. The Hall–Kier alpha value is -1.88. The third-order valence-electron chi connectivity index (χ3n) is 5.24. The van der Waals surface area contributed by atoms with E-state index < -0.39 is 5.97 Å². The molecule has 2 unspecified atom stereocenters. The molecule has 1 aromatic carbocycles. The number of nitrogens with one attached hydrogen (secondary N) is 1. The van der Waals surface area contributed by atoms with Crippen LogP contribution in [-0.4, -0.2) is 41.5 Å². The van der Waals surface area contributed by atoms with Crippen LogP contribution in [0.25, 0.3) is 0 Å². The number of aliphatic carboxylic acids is 1. The van der Waals surface area contributed by atoms with Gasteiger partial charge in [-0.15, -0.1) is 0 Å². The standard InChI is InChI=1S/C19H26N2O3/c1-13(15-7-6-14-4-2-3-5-16(14)10-15)20-18(22)12-21-9-8-17(11-21)19(23)24/h6-7,10,13,17H,2-5,8-9,11-12H2,1H3,(H,20,22)(H,23,24). The van der Waals surface area contributed by atoms with Gasteiger partial charge in [0.15, 0.2) is 0 Å². The summed E-state index contributed by atoms with van der Waals surface area (Å²) in [5, 5.41) is 12.1. The maximum absolute atomic E-state index is 12.2. The molecule has 2 aliphatic rings. The van der Waals surface area contributed by atoms with Crippen molar-refractivity contribution in [3.05, 3.63) is 34.9 Å². The predicted octanol–water partition coefficient (Wildman–Crippen LogP) is 2.15. The summed E-state index contributed by atoms with van der Waals surface area (Å²) in [5.41, 5.74) is 4.01. The molecular weight excluding hydrogens is 304 g/mol. The minimum Gasteiger partial charge on any atom is -0.481 e. The normalized spacial score (nSPS) is 22.0. The Morgan fingerprint density at radius 3 is 2.75 bits per heavy atom. The van der Waals surface area contributed by atoms with Gasteiger partial charge in [-0.05, 0) is 62.3 Å². The van der Waals surface area contributed by atoms with Crippen LogP contribution >= 0.6 is 0 Å². The van der Waals surface area contributed by atoms with E-state index in [1.807, 2.05) is 11.8 Å². The van der Waals surface area contributed by atoms with Crippen LogP contribution in [0.1, 0.15) is 48.9 Å². The highest BCUT2D eigenvalue weighted by Gasteiger charge is 2.29. The first-order valence-corrected chi connectivity index (χ1v) is 8.89. The van der Waals surface area contributed by atoms with E-state index in [2.05, 4.69) is 23.5 Å². The first kappa shape index (κ1) is 17.0. The van der Waals surface area contributed by atoms with Crippen molar-refractivity contribution in [2.45, 2.75) is 45.1 Å². The predicted molar refractivity (Wildman–Crippen MR) is 91.8 cm³/mol. The fourth-order valence-corrected chi connectivity index (χ4v) is 3.77. The van der Waals surface area contributed by atoms with E-state index >= 15 is 0 Å². The molecule has 1 saturated heterocycles. The quantitative estimate of drug-likeness (QED) is 0.868. The monoisotopic (exact) mass is 330 g/mol. The molecule has 1 aliphatic heterocycles. The molecule has 1 fully saturated rings. The Morgan fingerprint density at radius 2 is 2.04 bits per heavy atom. The second-order valence-electron chi connectivity index (χ2n) is 7.08. The van der Waals surface area contributed by atoms with Gasteiger partial charge in [-0.25, -0.2) is 0 Å². The molecule has 1 amide bonds. The molecule has 5 heteroatoms. The van der Waals surface area contributed by atoms with E-state index in [-0.39, 0.29) is 24.4 Å². The Kier molecular flexibility index (Phi) is 5.19. The van der Waals surface area contributed by atoms with Gasteiger partial charge in [0.25, 0.3) is 0 Å². The van der Waals surface area contributed by atoms with Gasteiger partial charge in [-0.1, -0.05) is 18.2 Å². The van der Waals surface area contributed by atoms with Gasteiger partial charge in [0.1, 0.15) is 0 Å². The maximum Gasteiger partial charge on any atom is 0.307 e. The molecule has 2 atom stereocenters. The third-order valence-corrected chi connectivity index (χ3v) is 5.24. The smallest absolute Gasteiger partial charge is 0.307 e. The summed E-state index contributed by atoms with van der Waals surface area (Å²) in [5.74, 6) is -1.14. The highest BCUT2D eigenvalue weighted by atomic mass is 16.4. The van der Waals surface area contributed by atoms with Gasteiger partial charge >= 0.3 is 5.97 Å². The van der Waals surface area contributed by atoms with Gasteiger partial charge in [0.2, 0.25) is 5.91 Å². The number of carbonyl (C=O) groups is 2. The topological polar surface area (TPSA) is 69.6 Å². The van der Waals surface area contributed by atoms with Crippen molar-refractivity contribution in [1.29, 1.82) is 0 Å². The molecule has 24 heavy (non-hydrogen) atoms. The molecule has 1 aromatic rings. The summed E-state index contributed by atoms with van der Waals surface area (Å²) in [4.78, 5) is 25.2. The van der Waals surface area contributed by atoms with Crippen molar-refractivity contribution in [1.82, 2.24) is 10.2 Å². The third kappa shape index (κ3) is 3.96. The van der Waals surface area contributed by atoms with Crippen LogP contribution in [0.2, 0.25) is 0 Å². The lowest BCUT2D eigenvalue weighted by atomic mass is 9.89. The summed E-state index contributed by atoms with van der Waals surface area (Å²) in [7, 11) is 0. The Morgan fingerprint density at radius 1 is 1.29 bits per heavy atom. The average molecular weight is 330 g/mol. The van der Waals surface area contributed by atoms with Gasteiger partial charge in [-0.3, -0.25) is 14.5 Å². The number of rotatable bonds is 5. The van der Waals surface area contributed by atoms with Crippen molar-refractivity contribution < 1.29 is 14.7 Å². The number of carbonyl (C=O) groups excluding carboxylic acids is 1. The van der Waals surface area contributed by atoms with Crippen LogP contribution in [-0.2, 0) is 22.4 Å². The van der Waals surface area contributed by atoms with Crippen molar-refractivity contribution in [3.8, 4) is 0 Å². The molecule has 0 spiro atoms. The number of hydrogen-bond acceptors (Lipinski definition) is 3. The summed E-state index contributed by atoms with van der Waals surface area (Å²) < 4.78 is 0.